The number of nitrogens with one attached hydrogen (secondary N) is 1. The molecule has 3 unspecified atom stereocenters. The van der Waals surface area contributed by atoms with E-state index >= 15 is 0 Å². The van der Waals surface area contributed by atoms with Gasteiger partial charge in [-0.25, -0.2) is 9.59 Å². The molecule has 7 heteroatoms. The highest BCUT2D eigenvalue weighted by molar-refractivity contribution is 7.99. The highest BCUT2D eigenvalue weighted by Crippen LogP contribution is 2.20. The van der Waals surface area contributed by atoms with Gasteiger partial charge in [-0.2, -0.15) is 11.8 Å². The molecule has 1 saturated heterocycles. The first kappa shape index (κ1) is 16.1. The quantitative estimate of drug-likeness (QED) is 0.763. The lowest BCUT2D eigenvalue weighted by molar-refractivity contribution is -0.141. The summed E-state index contributed by atoms with van der Waals surface area (Å²) in [6, 6.07) is -1.10. The Morgan fingerprint density at radius 2 is 2.26 bits per heavy atom. The van der Waals surface area contributed by atoms with Crippen molar-refractivity contribution >= 4 is 23.8 Å². The maximum atomic E-state index is 12.1. The zero-order valence-electron chi connectivity index (χ0n) is 11.6. The predicted octanol–water partition coefficient (Wildman–Crippen LogP) is 1.01. The lowest BCUT2D eigenvalue weighted by Crippen LogP contribution is -2.49. The van der Waals surface area contributed by atoms with Crippen LogP contribution in [0.25, 0.3) is 0 Å². The monoisotopic (exact) mass is 290 g/mol. The van der Waals surface area contributed by atoms with Crippen LogP contribution in [-0.2, 0) is 9.53 Å². The zero-order valence-corrected chi connectivity index (χ0v) is 12.4. The molecule has 3 atom stereocenters. The van der Waals surface area contributed by atoms with Crippen molar-refractivity contribution < 1.29 is 19.4 Å². The second-order valence-corrected chi connectivity index (χ2v) is 5.93. The van der Waals surface area contributed by atoms with Gasteiger partial charge in [-0.3, -0.25) is 0 Å². The van der Waals surface area contributed by atoms with Gasteiger partial charge in [-0.1, -0.05) is 6.92 Å². The minimum atomic E-state index is -0.981. The van der Waals surface area contributed by atoms with Crippen molar-refractivity contribution in [3.8, 4) is 0 Å². The number of carboxylic acids is 1. The molecule has 0 spiro atoms. The summed E-state index contributed by atoms with van der Waals surface area (Å²) in [6.07, 6.45) is 0.143. The predicted molar refractivity (Wildman–Crippen MR) is 74.5 cm³/mol. The van der Waals surface area contributed by atoms with E-state index in [1.165, 1.54) is 12.0 Å². The van der Waals surface area contributed by atoms with Crippen LogP contribution in [0.1, 0.15) is 20.3 Å². The molecule has 110 valence electrons. The second kappa shape index (κ2) is 7.59. The maximum Gasteiger partial charge on any atom is 0.326 e. The molecule has 19 heavy (non-hydrogen) atoms. The largest absolute Gasteiger partial charge is 0.480 e. The lowest BCUT2D eigenvalue weighted by Gasteiger charge is -2.24. The van der Waals surface area contributed by atoms with Gasteiger partial charge in [-0.15, -0.1) is 0 Å². The number of carboxylic acid groups (broad SMARTS) is 1. The van der Waals surface area contributed by atoms with Crippen molar-refractivity contribution in [1.82, 2.24) is 10.2 Å². The van der Waals surface area contributed by atoms with Gasteiger partial charge in [0, 0.05) is 31.9 Å². The number of hydrogen-bond donors (Lipinski definition) is 2. The van der Waals surface area contributed by atoms with Gasteiger partial charge >= 0.3 is 12.0 Å². The van der Waals surface area contributed by atoms with Gasteiger partial charge in [0.1, 0.15) is 6.04 Å². The summed E-state index contributed by atoms with van der Waals surface area (Å²) >= 11 is 1.74. The first-order valence-corrected chi connectivity index (χ1v) is 7.55. The van der Waals surface area contributed by atoms with Gasteiger partial charge in [-0.05, 0) is 12.7 Å². The number of methoxy groups -OCH3 is 1. The van der Waals surface area contributed by atoms with Crippen LogP contribution in [0, 0.1) is 0 Å². The molecule has 0 saturated carbocycles. The van der Waals surface area contributed by atoms with Gasteiger partial charge in [0.25, 0.3) is 0 Å². The minimum Gasteiger partial charge on any atom is -0.480 e. The first-order valence-electron chi connectivity index (χ1n) is 6.40. The fraction of sp³-hybridized carbons (Fsp3) is 0.833. The number of aliphatic carboxylic acids is 1. The normalized spacial score (nSPS) is 24.3. The number of likely N-dealkylation sites (tertiary alicyclic amines) is 1. The number of carbonyl (C=O) groups is 2. The smallest absolute Gasteiger partial charge is 0.326 e. The molecule has 0 aromatic rings. The molecular weight excluding hydrogens is 268 g/mol. The molecule has 0 aromatic heterocycles. The van der Waals surface area contributed by atoms with Gasteiger partial charge in [0.15, 0.2) is 0 Å². The molecule has 0 aliphatic carbocycles. The molecule has 1 aliphatic heterocycles. The summed E-state index contributed by atoms with van der Waals surface area (Å²) in [4.78, 5) is 24.6. The summed E-state index contributed by atoms with van der Waals surface area (Å²) in [5.41, 5.74) is 0. The summed E-state index contributed by atoms with van der Waals surface area (Å²) in [7, 11) is 1.53. The number of hydrogen-bond acceptors (Lipinski definition) is 4. The number of ether oxygens (including phenoxy) is 1. The van der Waals surface area contributed by atoms with E-state index in [9.17, 15) is 9.59 Å². The Kier molecular flexibility index (Phi) is 6.44. The minimum absolute atomic E-state index is 0.0217. The van der Waals surface area contributed by atoms with E-state index in [4.69, 9.17) is 9.84 Å². The molecule has 2 N–H and O–H groups in total. The third-order valence-corrected chi connectivity index (χ3v) is 4.23. The summed E-state index contributed by atoms with van der Waals surface area (Å²) in [5.74, 6) is 0.833. The van der Waals surface area contributed by atoms with Crippen LogP contribution in [0.5, 0.6) is 0 Å². The van der Waals surface area contributed by atoms with E-state index in [0.717, 1.165) is 11.5 Å². The van der Waals surface area contributed by atoms with Crippen molar-refractivity contribution in [3.63, 3.8) is 0 Å². The van der Waals surface area contributed by atoms with E-state index in [2.05, 4.69) is 12.2 Å². The van der Waals surface area contributed by atoms with Crippen LogP contribution in [0.15, 0.2) is 0 Å². The maximum absolute atomic E-state index is 12.1. The van der Waals surface area contributed by atoms with Crippen LogP contribution in [0.4, 0.5) is 4.79 Å². The van der Waals surface area contributed by atoms with E-state index in [-0.39, 0.29) is 18.2 Å². The van der Waals surface area contributed by atoms with E-state index < -0.39 is 12.0 Å². The van der Waals surface area contributed by atoms with E-state index in [0.29, 0.717) is 13.0 Å². The summed E-state index contributed by atoms with van der Waals surface area (Å²) in [5, 5.41) is 12.0. The number of thioether (sulfide) groups is 1. The Balaban J connectivity index is 2.56. The van der Waals surface area contributed by atoms with Gasteiger partial charge in [0.2, 0.25) is 0 Å². The number of rotatable bonds is 6. The molecule has 6 nitrogen and oxygen atoms in total. The fourth-order valence-corrected chi connectivity index (χ4v) is 2.73. The Morgan fingerprint density at radius 3 is 2.79 bits per heavy atom. The van der Waals surface area contributed by atoms with E-state index in [1.54, 1.807) is 11.8 Å². The lowest BCUT2D eigenvalue weighted by atomic mass is 10.2. The van der Waals surface area contributed by atoms with Crippen LogP contribution in [-0.4, -0.2) is 65.4 Å². The Hall–Kier alpha value is -0.950. The Morgan fingerprint density at radius 1 is 1.58 bits per heavy atom. The Labute approximate surface area is 117 Å². The van der Waals surface area contributed by atoms with Crippen LogP contribution in [0.2, 0.25) is 0 Å². The number of nitrogens with zero attached hydrogens (tertiary/aromatic N) is 1. The molecule has 1 heterocycles. The SMILES string of the molecule is CCSCC(C)NC(=O)N1CC(OC)CC1C(=O)O. The highest BCUT2D eigenvalue weighted by atomic mass is 32.2. The molecule has 0 radical (unpaired) electrons. The number of urea groups is 1. The standard InChI is InChI=1S/C12H22N2O4S/c1-4-19-7-8(2)13-12(17)14-6-9(18-3)5-10(14)11(15)16/h8-10H,4-7H2,1-3H3,(H,13,17)(H,15,16). The molecular formula is C12H22N2O4S. The van der Waals surface area contributed by atoms with Crippen LogP contribution >= 0.6 is 11.8 Å². The third-order valence-electron chi connectivity index (χ3n) is 3.08. The van der Waals surface area contributed by atoms with Gasteiger partial charge in [0.05, 0.1) is 6.10 Å². The van der Waals surface area contributed by atoms with E-state index in [1.807, 2.05) is 6.92 Å². The highest BCUT2D eigenvalue weighted by Gasteiger charge is 2.40. The molecule has 0 bridgehead atoms. The average molecular weight is 290 g/mol. The van der Waals surface area contributed by atoms with Crippen molar-refractivity contribution in [2.75, 3.05) is 25.2 Å². The topological polar surface area (TPSA) is 78.9 Å². The third kappa shape index (κ3) is 4.58. The first-order chi connectivity index (χ1) is 8.99. The average Bonchev–Trinajstić information content (AvgIpc) is 2.80. The van der Waals surface area contributed by atoms with Crippen molar-refractivity contribution in [3.05, 3.63) is 0 Å². The van der Waals surface area contributed by atoms with Gasteiger partial charge < -0.3 is 20.1 Å². The van der Waals surface area contributed by atoms with Crippen LogP contribution in [0.3, 0.4) is 0 Å². The fourth-order valence-electron chi connectivity index (χ4n) is 2.06. The molecule has 1 aliphatic rings. The molecule has 1 fully saturated rings. The van der Waals surface area contributed by atoms with Crippen molar-refractivity contribution in [2.24, 2.45) is 0 Å². The Bertz CT molecular complexity index is 327. The van der Waals surface area contributed by atoms with Crippen molar-refractivity contribution in [2.45, 2.75) is 38.5 Å². The number of carbonyl (C=O) groups excluding carboxylic acids is 1. The zero-order chi connectivity index (χ0) is 14.4. The number of amides is 2. The molecule has 1 rings (SSSR count). The molecule has 0 aromatic carbocycles. The van der Waals surface area contributed by atoms with Crippen LogP contribution < -0.4 is 5.32 Å². The summed E-state index contributed by atoms with van der Waals surface area (Å²) in [6.45, 7) is 4.30. The van der Waals surface area contributed by atoms with Crippen molar-refractivity contribution in [1.29, 1.82) is 0 Å². The summed E-state index contributed by atoms with van der Waals surface area (Å²) < 4.78 is 5.15. The second-order valence-electron chi connectivity index (χ2n) is 4.61. The molecule has 2 amide bonds.